The molecule has 0 bridgehead atoms. The number of hydrogen-bond acceptors (Lipinski definition) is 3. The zero-order chi connectivity index (χ0) is 13.2. The van der Waals surface area contributed by atoms with E-state index < -0.39 is 5.60 Å². The number of carbonyl (C=O) groups is 1. The Hall–Kier alpha value is -1.10. The van der Waals surface area contributed by atoms with Crippen molar-refractivity contribution in [3.05, 3.63) is 34.9 Å². The van der Waals surface area contributed by atoms with Gasteiger partial charge >= 0.3 is 0 Å². The van der Waals surface area contributed by atoms with Crippen LogP contribution in [-0.2, 0) is 4.74 Å². The molecule has 1 saturated heterocycles. The molecule has 5 heteroatoms. The standard InChI is InChI=1S/C13H16ClNO3/c1-9-13(17,5-6-18-9)8-15-12(16)10-3-2-4-11(14)7-10/h2-4,7,9,17H,5-6,8H2,1H3,(H,15,16). The Morgan fingerprint density at radius 1 is 1.67 bits per heavy atom. The van der Waals surface area contributed by atoms with Crippen LogP contribution in [0.1, 0.15) is 23.7 Å². The van der Waals surface area contributed by atoms with Crippen LogP contribution in [0.5, 0.6) is 0 Å². The molecule has 0 radical (unpaired) electrons. The van der Waals surface area contributed by atoms with E-state index in [-0.39, 0.29) is 18.6 Å². The average molecular weight is 270 g/mol. The first kappa shape index (κ1) is 13.3. The molecule has 4 nitrogen and oxygen atoms in total. The highest BCUT2D eigenvalue weighted by atomic mass is 35.5. The number of carbonyl (C=O) groups excluding carboxylic acids is 1. The van der Waals surface area contributed by atoms with Crippen LogP contribution in [0, 0.1) is 0 Å². The Kier molecular flexibility index (Phi) is 3.90. The highest BCUT2D eigenvalue weighted by Gasteiger charge is 2.39. The monoisotopic (exact) mass is 269 g/mol. The summed E-state index contributed by atoms with van der Waals surface area (Å²) in [6.45, 7) is 2.50. The van der Waals surface area contributed by atoms with Gasteiger partial charge in [-0.05, 0) is 25.1 Å². The molecule has 0 aromatic heterocycles. The summed E-state index contributed by atoms with van der Waals surface area (Å²) >= 11 is 5.82. The summed E-state index contributed by atoms with van der Waals surface area (Å²) in [5.41, 5.74) is -0.494. The number of ether oxygens (including phenoxy) is 1. The van der Waals surface area contributed by atoms with Crippen molar-refractivity contribution in [2.45, 2.75) is 25.0 Å². The third-order valence-corrected chi connectivity index (χ3v) is 3.54. The molecule has 18 heavy (non-hydrogen) atoms. The van der Waals surface area contributed by atoms with Crippen molar-refractivity contribution in [1.29, 1.82) is 0 Å². The highest BCUT2D eigenvalue weighted by Crippen LogP contribution is 2.24. The second-order valence-corrected chi connectivity index (χ2v) is 5.00. The lowest BCUT2D eigenvalue weighted by Crippen LogP contribution is -2.47. The van der Waals surface area contributed by atoms with E-state index in [9.17, 15) is 9.90 Å². The van der Waals surface area contributed by atoms with Gasteiger partial charge in [-0.1, -0.05) is 17.7 Å². The Labute approximate surface area is 111 Å². The van der Waals surface area contributed by atoms with E-state index in [0.29, 0.717) is 23.6 Å². The molecule has 1 aliphatic heterocycles. The van der Waals surface area contributed by atoms with Crippen molar-refractivity contribution in [2.24, 2.45) is 0 Å². The fourth-order valence-corrected chi connectivity index (χ4v) is 2.16. The molecule has 2 unspecified atom stereocenters. The molecular weight excluding hydrogens is 254 g/mol. The summed E-state index contributed by atoms with van der Waals surface area (Å²) in [5, 5.41) is 13.5. The smallest absolute Gasteiger partial charge is 0.251 e. The van der Waals surface area contributed by atoms with E-state index in [2.05, 4.69) is 5.32 Å². The summed E-state index contributed by atoms with van der Waals surface area (Å²) in [6.07, 6.45) is 0.265. The predicted octanol–water partition coefficient (Wildman–Crippen LogP) is 1.61. The fourth-order valence-electron chi connectivity index (χ4n) is 1.97. The molecule has 2 N–H and O–H groups in total. The lowest BCUT2D eigenvalue weighted by Gasteiger charge is -2.26. The van der Waals surface area contributed by atoms with E-state index in [1.54, 1.807) is 31.2 Å². The van der Waals surface area contributed by atoms with E-state index >= 15 is 0 Å². The van der Waals surface area contributed by atoms with Crippen molar-refractivity contribution in [1.82, 2.24) is 5.32 Å². The van der Waals surface area contributed by atoms with Gasteiger partial charge in [0.2, 0.25) is 0 Å². The minimum absolute atomic E-state index is 0.180. The largest absolute Gasteiger partial charge is 0.385 e. The SMILES string of the molecule is CC1OCCC1(O)CNC(=O)c1cccc(Cl)c1. The van der Waals surface area contributed by atoms with Crippen molar-refractivity contribution in [2.75, 3.05) is 13.2 Å². The maximum absolute atomic E-state index is 11.9. The van der Waals surface area contributed by atoms with Crippen LogP contribution >= 0.6 is 11.6 Å². The number of amides is 1. The van der Waals surface area contributed by atoms with Crippen LogP contribution in [0.2, 0.25) is 5.02 Å². The topological polar surface area (TPSA) is 58.6 Å². The van der Waals surface area contributed by atoms with Crippen LogP contribution in [0.4, 0.5) is 0 Å². The molecule has 0 saturated carbocycles. The van der Waals surface area contributed by atoms with Gasteiger partial charge in [0.05, 0.1) is 6.10 Å². The maximum Gasteiger partial charge on any atom is 0.251 e. The van der Waals surface area contributed by atoms with Gasteiger partial charge in [0, 0.05) is 30.2 Å². The lowest BCUT2D eigenvalue weighted by molar-refractivity contribution is -0.0251. The van der Waals surface area contributed by atoms with Crippen LogP contribution < -0.4 is 5.32 Å². The second kappa shape index (κ2) is 5.26. The van der Waals surface area contributed by atoms with E-state index in [1.807, 2.05) is 0 Å². The number of rotatable bonds is 3. The first-order valence-corrected chi connectivity index (χ1v) is 6.27. The molecule has 0 spiro atoms. The lowest BCUT2D eigenvalue weighted by atomic mass is 9.96. The quantitative estimate of drug-likeness (QED) is 0.877. The molecule has 1 aromatic carbocycles. The Balaban J connectivity index is 1.96. The molecule has 2 rings (SSSR count). The molecule has 1 aliphatic rings. The Bertz CT molecular complexity index is 452. The van der Waals surface area contributed by atoms with Crippen LogP contribution in [0.25, 0.3) is 0 Å². The normalized spacial score (nSPS) is 27.2. The van der Waals surface area contributed by atoms with Crippen LogP contribution in [0.3, 0.4) is 0 Å². The molecule has 98 valence electrons. The third kappa shape index (κ3) is 2.83. The number of aliphatic hydroxyl groups is 1. The highest BCUT2D eigenvalue weighted by molar-refractivity contribution is 6.30. The summed E-state index contributed by atoms with van der Waals surface area (Å²) in [5.74, 6) is -0.245. The minimum Gasteiger partial charge on any atom is -0.385 e. The van der Waals surface area contributed by atoms with E-state index in [1.165, 1.54) is 0 Å². The van der Waals surface area contributed by atoms with Crippen LogP contribution in [-0.4, -0.2) is 35.9 Å². The van der Waals surface area contributed by atoms with Gasteiger partial charge in [-0.15, -0.1) is 0 Å². The fraction of sp³-hybridized carbons (Fsp3) is 0.462. The van der Waals surface area contributed by atoms with Gasteiger partial charge < -0.3 is 15.2 Å². The van der Waals surface area contributed by atoms with Gasteiger partial charge in [-0.25, -0.2) is 0 Å². The second-order valence-electron chi connectivity index (χ2n) is 4.56. The van der Waals surface area contributed by atoms with Crippen molar-refractivity contribution in [3.8, 4) is 0 Å². The molecule has 2 atom stereocenters. The summed E-state index contributed by atoms with van der Waals surface area (Å²) < 4.78 is 5.30. The van der Waals surface area contributed by atoms with Crippen molar-refractivity contribution in [3.63, 3.8) is 0 Å². The molecule has 1 aromatic rings. The molecular formula is C13H16ClNO3. The van der Waals surface area contributed by atoms with Gasteiger partial charge in [0.25, 0.3) is 5.91 Å². The average Bonchev–Trinajstić information content (AvgIpc) is 2.67. The maximum atomic E-state index is 11.9. The molecule has 1 fully saturated rings. The van der Waals surface area contributed by atoms with E-state index in [0.717, 1.165) is 0 Å². The summed E-state index contributed by atoms with van der Waals surface area (Å²) in [4.78, 5) is 11.9. The molecule has 1 amide bonds. The first-order valence-electron chi connectivity index (χ1n) is 5.89. The summed E-state index contributed by atoms with van der Waals surface area (Å²) in [7, 11) is 0. The number of benzene rings is 1. The Morgan fingerprint density at radius 3 is 3.06 bits per heavy atom. The van der Waals surface area contributed by atoms with Gasteiger partial charge in [-0.2, -0.15) is 0 Å². The van der Waals surface area contributed by atoms with Gasteiger partial charge in [-0.3, -0.25) is 4.79 Å². The third-order valence-electron chi connectivity index (χ3n) is 3.30. The first-order chi connectivity index (χ1) is 8.51. The van der Waals surface area contributed by atoms with E-state index in [4.69, 9.17) is 16.3 Å². The number of nitrogens with one attached hydrogen (secondary N) is 1. The van der Waals surface area contributed by atoms with Gasteiger partial charge in [0.1, 0.15) is 5.60 Å². The molecule has 0 aliphatic carbocycles. The van der Waals surface area contributed by atoms with Crippen molar-refractivity contribution >= 4 is 17.5 Å². The van der Waals surface area contributed by atoms with Crippen LogP contribution in [0.15, 0.2) is 24.3 Å². The van der Waals surface area contributed by atoms with Crippen molar-refractivity contribution < 1.29 is 14.6 Å². The number of halogens is 1. The Morgan fingerprint density at radius 2 is 2.44 bits per heavy atom. The zero-order valence-electron chi connectivity index (χ0n) is 10.1. The predicted molar refractivity (Wildman–Crippen MR) is 68.8 cm³/mol. The zero-order valence-corrected chi connectivity index (χ0v) is 10.9. The number of hydrogen-bond donors (Lipinski definition) is 2. The summed E-state index contributed by atoms with van der Waals surface area (Å²) in [6, 6.07) is 6.70. The van der Waals surface area contributed by atoms with Gasteiger partial charge in [0.15, 0.2) is 0 Å². The minimum atomic E-state index is -0.978. The molecule has 1 heterocycles.